The predicted molar refractivity (Wildman–Crippen MR) is 63.9 cm³/mol. The Hall–Kier alpha value is -0.580. The van der Waals surface area contributed by atoms with Crippen molar-refractivity contribution in [3.05, 3.63) is 23.9 Å². The van der Waals surface area contributed by atoms with E-state index in [0.717, 1.165) is 17.0 Å². The van der Waals surface area contributed by atoms with Crippen LogP contribution in [0.1, 0.15) is 31.9 Å². The number of aliphatic hydroxyl groups excluding tert-OH is 1. The van der Waals surface area contributed by atoms with Gasteiger partial charge in [-0.1, -0.05) is 6.92 Å². The number of aromatic nitrogens is 1. The van der Waals surface area contributed by atoms with E-state index in [1.807, 2.05) is 19.1 Å². The smallest absolute Gasteiger partial charge is 0.0965 e. The van der Waals surface area contributed by atoms with Gasteiger partial charge in [0.1, 0.15) is 0 Å². The van der Waals surface area contributed by atoms with Crippen LogP contribution in [0.2, 0.25) is 0 Å². The highest BCUT2D eigenvalue weighted by molar-refractivity contribution is 7.99. The monoisotopic (exact) mass is 226 g/mol. The average molecular weight is 226 g/mol. The maximum atomic E-state index is 8.80. The van der Waals surface area contributed by atoms with Crippen LogP contribution < -0.4 is 5.73 Å². The Labute approximate surface area is 95.1 Å². The summed E-state index contributed by atoms with van der Waals surface area (Å²) in [5, 5.41) is 10.2. The van der Waals surface area contributed by atoms with Crippen LogP contribution in [-0.4, -0.2) is 21.9 Å². The number of thioether (sulfide) groups is 1. The molecule has 84 valence electrons. The number of hydrogen-bond donors (Lipinski definition) is 2. The van der Waals surface area contributed by atoms with Crippen molar-refractivity contribution >= 4 is 11.8 Å². The second-order valence-electron chi connectivity index (χ2n) is 3.66. The molecule has 0 spiro atoms. The van der Waals surface area contributed by atoms with Gasteiger partial charge >= 0.3 is 0 Å². The van der Waals surface area contributed by atoms with Gasteiger partial charge in [0.15, 0.2) is 0 Å². The standard InChI is InChI=1S/C11H18N2OS/c1-8(4-6-14)15-11-7-10(9(2)12)3-5-13-11/h3,5,7-9,14H,4,6,12H2,1-2H3/t8?,9-/m0/s1. The lowest BCUT2D eigenvalue weighted by Crippen LogP contribution is -2.06. The number of rotatable bonds is 5. The Morgan fingerprint density at radius 1 is 1.53 bits per heavy atom. The Kier molecular flexibility index (Phi) is 5.08. The first-order valence-corrected chi connectivity index (χ1v) is 6.00. The molecule has 0 saturated heterocycles. The molecule has 0 aliphatic heterocycles. The van der Waals surface area contributed by atoms with E-state index >= 15 is 0 Å². The molecule has 1 rings (SSSR count). The quantitative estimate of drug-likeness (QED) is 0.754. The summed E-state index contributed by atoms with van der Waals surface area (Å²) >= 11 is 1.67. The van der Waals surface area contributed by atoms with E-state index in [0.29, 0.717) is 5.25 Å². The first-order chi connectivity index (χ1) is 7.13. The number of aliphatic hydroxyl groups is 1. The summed E-state index contributed by atoms with van der Waals surface area (Å²) < 4.78 is 0. The normalized spacial score (nSPS) is 14.9. The number of nitrogens with two attached hydrogens (primary N) is 1. The number of hydrogen-bond acceptors (Lipinski definition) is 4. The number of pyridine rings is 1. The molecule has 3 nitrogen and oxygen atoms in total. The fourth-order valence-electron chi connectivity index (χ4n) is 1.22. The summed E-state index contributed by atoms with van der Waals surface area (Å²) in [7, 11) is 0. The Morgan fingerprint density at radius 2 is 2.27 bits per heavy atom. The summed E-state index contributed by atoms with van der Waals surface area (Å²) in [6, 6.07) is 4.00. The minimum atomic E-state index is 0.0421. The molecule has 0 aliphatic carbocycles. The van der Waals surface area contributed by atoms with Gasteiger partial charge in [-0.2, -0.15) is 0 Å². The fourth-order valence-corrected chi connectivity index (χ4v) is 2.18. The summed E-state index contributed by atoms with van der Waals surface area (Å²) in [4.78, 5) is 4.27. The summed E-state index contributed by atoms with van der Waals surface area (Å²) in [6.07, 6.45) is 2.57. The highest BCUT2D eigenvalue weighted by Crippen LogP contribution is 2.24. The minimum Gasteiger partial charge on any atom is -0.396 e. The van der Waals surface area contributed by atoms with Crippen molar-refractivity contribution in [1.29, 1.82) is 0 Å². The maximum Gasteiger partial charge on any atom is 0.0965 e. The van der Waals surface area contributed by atoms with Crippen LogP contribution in [0.15, 0.2) is 23.4 Å². The van der Waals surface area contributed by atoms with Gasteiger partial charge in [-0.25, -0.2) is 4.98 Å². The van der Waals surface area contributed by atoms with Crippen molar-refractivity contribution in [2.45, 2.75) is 36.6 Å². The van der Waals surface area contributed by atoms with E-state index in [1.54, 1.807) is 18.0 Å². The Bertz CT molecular complexity index is 304. The molecule has 0 aromatic carbocycles. The molecule has 3 N–H and O–H groups in total. The van der Waals surface area contributed by atoms with Crippen LogP contribution in [0, 0.1) is 0 Å². The molecule has 0 amide bonds. The van der Waals surface area contributed by atoms with Gasteiger partial charge < -0.3 is 10.8 Å². The van der Waals surface area contributed by atoms with E-state index in [1.165, 1.54) is 0 Å². The molecule has 4 heteroatoms. The molecule has 1 aromatic rings. The molecule has 1 unspecified atom stereocenters. The van der Waals surface area contributed by atoms with Crippen LogP contribution in [0.25, 0.3) is 0 Å². The Balaban J connectivity index is 2.65. The van der Waals surface area contributed by atoms with E-state index in [4.69, 9.17) is 10.8 Å². The van der Waals surface area contributed by atoms with Crippen LogP contribution in [0.3, 0.4) is 0 Å². The van der Waals surface area contributed by atoms with Crippen LogP contribution in [0.4, 0.5) is 0 Å². The van der Waals surface area contributed by atoms with Gasteiger partial charge in [-0.3, -0.25) is 0 Å². The van der Waals surface area contributed by atoms with E-state index < -0.39 is 0 Å². The molecule has 0 fully saturated rings. The third-order valence-corrected chi connectivity index (χ3v) is 3.25. The van der Waals surface area contributed by atoms with Crippen molar-refractivity contribution in [1.82, 2.24) is 4.98 Å². The third kappa shape index (κ3) is 4.20. The molecule has 0 saturated carbocycles. The second kappa shape index (κ2) is 6.10. The molecule has 0 radical (unpaired) electrons. The maximum absolute atomic E-state index is 8.80. The van der Waals surface area contributed by atoms with Crippen molar-refractivity contribution < 1.29 is 5.11 Å². The predicted octanol–water partition coefficient (Wildman–Crippen LogP) is 1.96. The highest BCUT2D eigenvalue weighted by Gasteiger charge is 2.06. The second-order valence-corrected chi connectivity index (χ2v) is 5.12. The first-order valence-electron chi connectivity index (χ1n) is 5.12. The van der Waals surface area contributed by atoms with Crippen molar-refractivity contribution in [3.63, 3.8) is 0 Å². The van der Waals surface area contributed by atoms with Gasteiger partial charge in [0.25, 0.3) is 0 Å². The largest absolute Gasteiger partial charge is 0.396 e. The molecular weight excluding hydrogens is 208 g/mol. The van der Waals surface area contributed by atoms with Crippen molar-refractivity contribution in [3.8, 4) is 0 Å². The molecule has 1 heterocycles. The molecule has 2 atom stereocenters. The lowest BCUT2D eigenvalue weighted by atomic mass is 10.1. The number of nitrogens with zero attached hydrogens (tertiary/aromatic N) is 1. The zero-order valence-corrected chi connectivity index (χ0v) is 10.00. The zero-order valence-electron chi connectivity index (χ0n) is 9.18. The topological polar surface area (TPSA) is 59.1 Å². The van der Waals surface area contributed by atoms with E-state index in [2.05, 4.69) is 11.9 Å². The summed E-state index contributed by atoms with van der Waals surface area (Å²) in [5.74, 6) is 0. The van der Waals surface area contributed by atoms with Gasteiger partial charge in [0.05, 0.1) is 5.03 Å². The van der Waals surface area contributed by atoms with E-state index in [-0.39, 0.29) is 12.6 Å². The molecule has 15 heavy (non-hydrogen) atoms. The first kappa shape index (κ1) is 12.5. The van der Waals surface area contributed by atoms with Crippen molar-refractivity contribution in [2.75, 3.05) is 6.61 Å². The van der Waals surface area contributed by atoms with E-state index in [9.17, 15) is 0 Å². The highest BCUT2D eigenvalue weighted by atomic mass is 32.2. The third-order valence-electron chi connectivity index (χ3n) is 2.14. The average Bonchev–Trinajstić information content (AvgIpc) is 2.18. The SMILES string of the molecule is CC(CCO)Sc1cc([C@H](C)N)ccn1. The summed E-state index contributed by atoms with van der Waals surface area (Å²) in [6.45, 7) is 4.27. The zero-order chi connectivity index (χ0) is 11.3. The molecule has 0 aliphatic rings. The van der Waals surface area contributed by atoms with Gasteiger partial charge in [-0.15, -0.1) is 11.8 Å². The minimum absolute atomic E-state index is 0.0421. The molecular formula is C11H18N2OS. The van der Waals surface area contributed by atoms with Gasteiger partial charge in [0.2, 0.25) is 0 Å². The van der Waals surface area contributed by atoms with Crippen LogP contribution in [0.5, 0.6) is 0 Å². The van der Waals surface area contributed by atoms with Gasteiger partial charge in [-0.05, 0) is 31.0 Å². The van der Waals surface area contributed by atoms with Crippen LogP contribution in [-0.2, 0) is 0 Å². The molecule has 1 aromatic heterocycles. The summed E-state index contributed by atoms with van der Waals surface area (Å²) in [5.41, 5.74) is 6.90. The van der Waals surface area contributed by atoms with Gasteiger partial charge in [0, 0.05) is 24.1 Å². The lowest BCUT2D eigenvalue weighted by molar-refractivity contribution is 0.289. The van der Waals surface area contributed by atoms with Crippen molar-refractivity contribution in [2.24, 2.45) is 5.73 Å². The van der Waals surface area contributed by atoms with Crippen LogP contribution >= 0.6 is 11.8 Å². The fraction of sp³-hybridized carbons (Fsp3) is 0.545. The lowest BCUT2D eigenvalue weighted by Gasteiger charge is -2.10. The Morgan fingerprint density at radius 3 is 2.87 bits per heavy atom. The molecule has 0 bridgehead atoms.